The van der Waals surface area contributed by atoms with Crippen molar-refractivity contribution in [3.8, 4) is 0 Å². The standard InChI is InChI=1S/C12H15NO2S/c1-9(14)13-10-3-5-11(6-4-10)16-8-12(2)7-15-12/h3-6H,7-8H2,1-2H3,(H,13,14). The number of thioether (sulfide) groups is 1. The molecule has 4 heteroatoms. The van der Waals surface area contributed by atoms with Crippen LogP contribution < -0.4 is 5.32 Å². The summed E-state index contributed by atoms with van der Waals surface area (Å²) in [6, 6.07) is 7.86. The fraction of sp³-hybridized carbons (Fsp3) is 0.417. The van der Waals surface area contributed by atoms with Crippen LogP contribution in [0.5, 0.6) is 0 Å². The molecule has 0 spiro atoms. The van der Waals surface area contributed by atoms with Gasteiger partial charge in [-0.25, -0.2) is 0 Å². The zero-order valence-electron chi connectivity index (χ0n) is 9.45. The molecule has 16 heavy (non-hydrogen) atoms. The van der Waals surface area contributed by atoms with Crippen molar-refractivity contribution < 1.29 is 9.53 Å². The van der Waals surface area contributed by atoms with E-state index in [2.05, 4.69) is 12.2 Å². The van der Waals surface area contributed by atoms with Crippen LogP contribution in [0, 0.1) is 0 Å². The van der Waals surface area contributed by atoms with Gasteiger partial charge in [-0.3, -0.25) is 4.79 Å². The number of anilines is 1. The lowest BCUT2D eigenvalue weighted by molar-refractivity contribution is -0.114. The molecule has 1 saturated heterocycles. The molecule has 0 aromatic heterocycles. The predicted octanol–water partition coefficient (Wildman–Crippen LogP) is 2.53. The van der Waals surface area contributed by atoms with Crippen molar-refractivity contribution in [2.75, 3.05) is 17.7 Å². The Labute approximate surface area is 99.6 Å². The molecule has 0 saturated carbocycles. The third-order valence-electron chi connectivity index (χ3n) is 2.36. The van der Waals surface area contributed by atoms with Crippen LogP contribution in [0.1, 0.15) is 13.8 Å². The second kappa shape index (κ2) is 4.47. The summed E-state index contributed by atoms with van der Waals surface area (Å²) < 4.78 is 5.32. The number of carbonyl (C=O) groups excluding carboxylic acids is 1. The van der Waals surface area contributed by atoms with Gasteiger partial charge in [0.1, 0.15) is 0 Å². The average Bonchev–Trinajstić information content (AvgIpc) is 2.96. The molecule has 3 nitrogen and oxygen atoms in total. The van der Waals surface area contributed by atoms with Gasteiger partial charge in [0, 0.05) is 23.3 Å². The molecule has 0 radical (unpaired) electrons. The second-order valence-electron chi connectivity index (χ2n) is 4.23. The van der Waals surface area contributed by atoms with Crippen molar-refractivity contribution in [2.24, 2.45) is 0 Å². The van der Waals surface area contributed by atoms with Gasteiger partial charge in [-0.05, 0) is 31.2 Å². The number of ether oxygens (including phenoxy) is 1. The minimum atomic E-state index is -0.0423. The molecule has 1 amide bonds. The topological polar surface area (TPSA) is 41.6 Å². The summed E-state index contributed by atoms with van der Waals surface area (Å²) >= 11 is 1.78. The molecular weight excluding hydrogens is 222 g/mol. The van der Waals surface area contributed by atoms with E-state index in [0.717, 1.165) is 18.0 Å². The van der Waals surface area contributed by atoms with E-state index >= 15 is 0 Å². The van der Waals surface area contributed by atoms with Crippen LogP contribution in [0.25, 0.3) is 0 Å². The third-order valence-corrected chi connectivity index (χ3v) is 3.72. The maximum absolute atomic E-state index is 10.8. The predicted molar refractivity (Wildman–Crippen MR) is 65.8 cm³/mol. The van der Waals surface area contributed by atoms with E-state index in [9.17, 15) is 4.79 Å². The summed E-state index contributed by atoms with van der Waals surface area (Å²) in [4.78, 5) is 12.0. The fourth-order valence-electron chi connectivity index (χ4n) is 1.28. The SMILES string of the molecule is CC(=O)Nc1ccc(SCC2(C)CO2)cc1. The number of amides is 1. The number of rotatable bonds is 4. The van der Waals surface area contributed by atoms with Crippen molar-refractivity contribution in [2.45, 2.75) is 24.3 Å². The Morgan fingerprint density at radius 3 is 2.62 bits per heavy atom. The fourth-order valence-corrected chi connectivity index (χ4v) is 2.25. The molecular formula is C12H15NO2S. The van der Waals surface area contributed by atoms with E-state index in [1.807, 2.05) is 24.3 Å². The van der Waals surface area contributed by atoms with Gasteiger partial charge in [-0.15, -0.1) is 11.8 Å². The molecule has 0 bridgehead atoms. The van der Waals surface area contributed by atoms with Crippen molar-refractivity contribution in [1.82, 2.24) is 0 Å². The normalized spacial score (nSPS) is 22.9. The molecule has 1 aromatic carbocycles. The lowest BCUT2D eigenvalue weighted by Crippen LogP contribution is -2.07. The van der Waals surface area contributed by atoms with E-state index in [1.54, 1.807) is 11.8 Å². The van der Waals surface area contributed by atoms with Crippen LogP contribution in [0.15, 0.2) is 29.2 Å². The van der Waals surface area contributed by atoms with Crippen molar-refractivity contribution >= 4 is 23.4 Å². The number of epoxide rings is 1. The Hall–Kier alpha value is -1.00. The van der Waals surface area contributed by atoms with Crippen LogP contribution >= 0.6 is 11.8 Å². The first-order chi connectivity index (χ1) is 7.57. The van der Waals surface area contributed by atoms with Crippen molar-refractivity contribution in [3.05, 3.63) is 24.3 Å². The van der Waals surface area contributed by atoms with Crippen LogP contribution in [-0.4, -0.2) is 23.9 Å². The van der Waals surface area contributed by atoms with Gasteiger partial charge >= 0.3 is 0 Å². The summed E-state index contributed by atoms with van der Waals surface area (Å²) in [5.41, 5.74) is 0.923. The molecule has 1 aliphatic heterocycles. The molecule has 1 aromatic rings. The second-order valence-corrected chi connectivity index (χ2v) is 5.28. The first kappa shape index (κ1) is 11.5. The third kappa shape index (κ3) is 3.25. The Morgan fingerprint density at radius 2 is 2.12 bits per heavy atom. The lowest BCUT2D eigenvalue weighted by Gasteiger charge is -2.06. The summed E-state index contributed by atoms with van der Waals surface area (Å²) in [6.45, 7) is 4.49. The van der Waals surface area contributed by atoms with Crippen molar-refractivity contribution in [1.29, 1.82) is 0 Å². The number of carbonyl (C=O) groups is 1. The van der Waals surface area contributed by atoms with E-state index in [0.29, 0.717) is 0 Å². The van der Waals surface area contributed by atoms with Gasteiger partial charge in [-0.2, -0.15) is 0 Å². The van der Waals surface area contributed by atoms with E-state index in [1.165, 1.54) is 11.8 Å². The minimum Gasteiger partial charge on any atom is -0.369 e. The van der Waals surface area contributed by atoms with Gasteiger partial charge in [0.15, 0.2) is 0 Å². The smallest absolute Gasteiger partial charge is 0.221 e. The first-order valence-corrected chi connectivity index (χ1v) is 6.20. The van der Waals surface area contributed by atoms with Crippen LogP contribution in [0.3, 0.4) is 0 Å². The van der Waals surface area contributed by atoms with Gasteiger partial charge in [0.2, 0.25) is 5.91 Å². The maximum Gasteiger partial charge on any atom is 0.221 e. The summed E-state index contributed by atoms with van der Waals surface area (Å²) in [6.07, 6.45) is 0. The van der Waals surface area contributed by atoms with Gasteiger partial charge in [-0.1, -0.05) is 0 Å². The zero-order valence-corrected chi connectivity index (χ0v) is 10.3. The van der Waals surface area contributed by atoms with Crippen LogP contribution in [0.4, 0.5) is 5.69 Å². The Kier molecular flexibility index (Phi) is 3.21. The summed E-state index contributed by atoms with van der Waals surface area (Å²) in [5, 5.41) is 2.74. The molecule has 1 heterocycles. The van der Waals surface area contributed by atoms with Crippen LogP contribution in [-0.2, 0) is 9.53 Å². The number of nitrogens with one attached hydrogen (secondary N) is 1. The Morgan fingerprint density at radius 1 is 1.50 bits per heavy atom. The molecule has 1 aliphatic rings. The lowest BCUT2D eigenvalue weighted by atomic mass is 10.3. The minimum absolute atomic E-state index is 0.0423. The quantitative estimate of drug-likeness (QED) is 0.646. The van der Waals surface area contributed by atoms with E-state index < -0.39 is 0 Å². The monoisotopic (exact) mass is 237 g/mol. The summed E-state index contributed by atoms with van der Waals surface area (Å²) in [7, 11) is 0. The number of hydrogen-bond acceptors (Lipinski definition) is 3. The van der Waals surface area contributed by atoms with E-state index in [4.69, 9.17) is 4.74 Å². The molecule has 86 valence electrons. The highest BCUT2D eigenvalue weighted by molar-refractivity contribution is 7.99. The van der Waals surface area contributed by atoms with Crippen molar-refractivity contribution in [3.63, 3.8) is 0 Å². The molecule has 1 unspecified atom stereocenters. The van der Waals surface area contributed by atoms with Gasteiger partial charge in [0.05, 0.1) is 12.2 Å². The molecule has 0 aliphatic carbocycles. The first-order valence-electron chi connectivity index (χ1n) is 5.22. The highest BCUT2D eigenvalue weighted by atomic mass is 32.2. The Bertz CT molecular complexity index is 385. The number of hydrogen-bond donors (Lipinski definition) is 1. The van der Waals surface area contributed by atoms with Crippen LogP contribution in [0.2, 0.25) is 0 Å². The highest BCUT2D eigenvalue weighted by Crippen LogP contribution is 2.33. The average molecular weight is 237 g/mol. The molecule has 2 rings (SSSR count). The molecule has 1 fully saturated rings. The summed E-state index contributed by atoms with van der Waals surface area (Å²) in [5.74, 6) is 0.936. The highest BCUT2D eigenvalue weighted by Gasteiger charge is 2.38. The van der Waals surface area contributed by atoms with Gasteiger partial charge in [0.25, 0.3) is 0 Å². The largest absolute Gasteiger partial charge is 0.369 e. The maximum atomic E-state index is 10.8. The number of benzene rings is 1. The van der Waals surface area contributed by atoms with Gasteiger partial charge < -0.3 is 10.1 Å². The molecule has 1 N–H and O–H groups in total. The zero-order chi connectivity index (χ0) is 11.6. The molecule has 1 atom stereocenters. The Balaban J connectivity index is 1.88. The van der Waals surface area contributed by atoms with E-state index in [-0.39, 0.29) is 11.5 Å².